The lowest BCUT2D eigenvalue weighted by Crippen LogP contribution is -2.36. The maximum atomic E-state index is 12.0. The van der Waals surface area contributed by atoms with Crippen LogP contribution in [-0.2, 0) is 11.2 Å². The van der Waals surface area contributed by atoms with Crippen molar-refractivity contribution in [3.63, 3.8) is 0 Å². The highest BCUT2D eigenvalue weighted by molar-refractivity contribution is 5.76. The average molecular weight is 338 g/mol. The summed E-state index contributed by atoms with van der Waals surface area (Å²) in [5.41, 5.74) is 4.39. The molecule has 3 rings (SSSR count). The van der Waals surface area contributed by atoms with Gasteiger partial charge in [0.05, 0.1) is 12.2 Å². The molecule has 1 aromatic carbocycles. The summed E-state index contributed by atoms with van der Waals surface area (Å²) in [4.78, 5) is 16.5. The van der Waals surface area contributed by atoms with Gasteiger partial charge in [-0.1, -0.05) is 26.8 Å². The summed E-state index contributed by atoms with van der Waals surface area (Å²) in [5.74, 6) is 0.988. The highest BCUT2D eigenvalue weighted by atomic mass is 16.5. The lowest BCUT2D eigenvalue weighted by atomic mass is 9.92. The topological polar surface area (TPSA) is 51.2 Å². The Morgan fingerprint density at radius 2 is 2.08 bits per heavy atom. The van der Waals surface area contributed by atoms with E-state index in [1.165, 1.54) is 5.56 Å². The Morgan fingerprint density at radius 3 is 2.76 bits per heavy atom. The third-order valence-corrected chi connectivity index (χ3v) is 4.23. The number of amides is 1. The van der Waals surface area contributed by atoms with Gasteiger partial charge in [0.2, 0.25) is 5.91 Å². The highest BCUT2D eigenvalue weighted by Crippen LogP contribution is 2.32. The second-order valence-electron chi connectivity index (χ2n) is 8.03. The van der Waals surface area contributed by atoms with Crippen LogP contribution in [-0.4, -0.2) is 23.5 Å². The minimum absolute atomic E-state index is 0.000135. The van der Waals surface area contributed by atoms with Crippen molar-refractivity contribution in [2.24, 2.45) is 5.41 Å². The first kappa shape index (κ1) is 17.5. The van der Waals surface area contributed by atoms with Crippen molar-refractivity contribution in [1.29, 1.82) is 0 Å². The minimum Gasteiger partial charge on any atom is -0.488 e. The van der Waals surface area contributed by atoms with Crippen LogP contribution in [0, 0.1) is 12.3 Å². The van der Waals surface area contributed by atoms with Crippen molar-refractivity contribution in [1.82, 2.24) is 10.3 Å². The lowest BCUT2D eigenvalue weighted by molar-refractivity contribution is -0.123. The number of ether oxygens (including phenoxy) is 1. The summed E-state index contributed by atoms with van der Waals surface area (Å²) in [6.07, 6.45) is 3.22. The second kappa shape index (κ2) is 6.87. The molecule has 25 heavy (non-hydrogen) atoms. The molecule has 4 nitrogen and oxygen atoms in total. The smallest absolute Gasteiger partial charge is 0.220 e. The first-order valence-corrected chi connectivity index (χ1v) is 8.79. The Morgan fingerprint density at radius 1 is 1.28 bits per heavy atom. The summed E-state index contributed by atoms with van der Waals surface area (Å²) in [7, 11) is 0. The number of nitrogens with zero attached hydrogens (tertiary/aromatic N) is 1. The number of hydrogen-bond donors (Lipinski definition) is 1. The zero-order valence-electron chi connectivity index (χ0n) is 15.4. The fourth-order valence-electron chi connectivity index (χ4n) is 3.00. The van der Waals surface area contributed by atoms with Gasteiger partial charge in [0, 0.05) is 24.6 Å². The van der Waals surface area contributed by atoms with Gasteiger partial charge in [-0.05, 0) is 47.7 Å². The Balaban J connectivity index is 1.61. The number of carbonyl (C=O) groups excluding carboxylic acids is 1. The van der Waals surface area contributed by atoms with Gasteiger partial charge < -0.3 is 10.1 Å². The molecule has 1 atom stereocenters. The van der Waals surface area contributed by atoms with E-state index < -0.39 is 0 Å². The summed E-state index contributed by atoms with van der Waals surface area (Å²) >= 11 is 0. The Hall–Kier alpha value is -2.36. The fraction of sp³-hybridized carbons (Fsp3) is 0.429. The van der Waals surface area contributed by atoms with Crippen LogP contribution in [0.3, 0.4) is 0 Å². The third kappa shape index (κ3) is 4.59. The SMILES string of the molecule is Cc1ccc(-c2ccc3c(c2)CC(CNC(=O)CC(C)(C)C)O3)nc1. The minimum atomic E-state index is -0.000477. The average Bonchev–Trinajstić information content (AvgIpc) is 2.94. The first-order valence-electron chi connectivity index (χ1n) is 8.79. The van der Waals surface area contributed by atoms with Crippen molar-refractivity contribution in [3.8, 4) is 17.0 Å². The Labute approximate surface area is 149 Å². The molecule has 1 aliphatic heterocycles. The molecular weight excluding hydrogens is 312 g/mol. The standard InChI is InChI=1S/C21H26N2O2/c1-14-5-7-18(22-12-14)15-6-8-19-16(9-15)10-17(25-19)13-23-20(24)11-21(2,3)4/h5-9,12,17H,10-11,13H2,1-4H3,(H,23,24). The normalized spacial score (nSPS) is 16.2. The zero-order valence-corrected chi connectivity index (χ0v) is 15.4. The molecule has 0 aliphatic carbocycles. The van der Waals surface area contributed by atoms with E-state index in [1.807, 2.05) is 31.3 Å². The predicted molar refractivity (Wildman–Crippen MR) is 99.6 cm³/mol. The van der Waals surface area contributed by atoms with Crippen LogP contribution in [0.15, 0.2) is 36.5 Å². The summed E-state index contributed by atoms with van der Waals surface area (Å²) < 4.78 is 5.96. The number of benzene rings is 1. The van der Waals surface area contributed by atoms with Gasteiger partial charge in [0.1, 0.15) is 11.9 Å². The Kier molecular flexibility index (Phi) is 4.80. The molecule has 4 heteroatoms. The van der Waals surface area contributed by atoms with Gasteiger partial charge in [0.25, 0.3) is 0 Å². The van der Waals surface area contributed by atoms with E-state index in [0.29, 0.717) is 13.0 Å². The number of pyridine rings is 1. The van der Waals surface area contributed by atoms with Crippen LogP contribution in [0.25, 0.3) is 11.3 Å². The highest BCUT2D eigenvalue weighted by Gasteiger charge is 2.24. The maximum Gasteiger partial charge on any atom is 0.220 e. The van der Waals surface area contributed by atoms with E-state index in [-0.39, 0.29) is 17.4 Å². The number of rotatable bonds is 4. The van der Waals surface area contributed by atoms with Crippen molar-refractivity contribution >= 4 is 5.91 Å². The van der Waals surface area contributed by atoms with Crippen molar-refractivity contribution in [2.75, 3.05) is 6.54 Å². The molecule has 0 saturated carbocycles. The molecule has 1 aliphatic rings. The third-order valence-electron chi connectivity index (χ3n) is 4.23. The molecule has 1 unspecified atom stereocenters. The molecule has 1 aromatic heterocycles. The largest absolute Gasteiger partial charge is 0.488 e. The molecule has 2 aromatic rings. The van der Waals surface area contributed by atoms with Gasteiger partial charge >= 0.3 is 0 Å². The number of aryl methyl sites for hydroxylation is 1. The van der Waals surface area contributed by atoms with E-state index in [0.717, 1.165) is 29.0 Å². The molecule has 0 saturated heterocycles. The molecule has 2 heterocycles. The second-order valence-corrected chi connectivity index (χ2v) is 8.03. The summed E-state index contributed by atoms with van der Waals surface area (Å²) in [6.45, 7) is 8.77. The number of aromatic nitrogens is 1. The maximum absolute atomic E-state index is 12.0. The number of fused-ring (bicyclic) bond motifs is 1. The van der Waals surface area contributed by atoms with Crippen LogP contribution in [0.5, 0.6) is 5.75 Å². The van der Waals surface area contributed by atoms with Crippen molar-refractivity contribution in [3.05, 3.63) is 47.7 Å². The van der Waals surface area contributed by atoms with Crippen molar-refractivity contribution in [2.45, 2.75) is 46.6 Å². The van der Waals surface area contributed by atoms with E-state index in [4.69, 9.17) is 4.74 Å². The van der Waals surface area contributed by atoms with E-state index in [2.05, 4.69) is 43.2 Å². The van der Waals surface area contributed by atoms with Gasteiger partial charge in [-0.15, -0.1) is 0 Å². The number of carbonyl (C=O) groups is 1. The van der Waals surface area contributed by atoms with Gasteiger partial charge in [0.15, 0.2) is 0 Å². The van der Waals surface area contributed by atoms with E-state index in [1.54, 1.807) is 0 Å². The quantitative estimate of drug-likeness (QED) is 0.919. The zero-order chi connectivity index (χ0) is 18.0. The van der Waals surface area contributed by atoms with E-state index in [9.17, 15) is 4.79 Å². The molecule has 132 valence electrons. The molecule has 1 N–H and O–H groups in total. The van der Waals surface area contributed by atoms with Crippen LogP contribution < -0.4 is 10.1 Å². The van der Waals surface area contributed by atoms with Gasteiger partial charge in [-0.2, -0.15) is 0 Å². The molecule has 1 amide bonds. The first-order chi connectivity index (χ1) is 11.8. The molecular formula is C21H26N2O2. The van der Waals surface area contributed by atoms with Gasteiger partial charge in [-0.3, -0.25) is 9.78 Å². The molecule has 0 radical (unpaired) electrons. The van der Waals surface area contributed by atoms with Crippen LogP contribution in [0.2, 0.25) is 0 Å². The van der Waals surface area contributed by atoms with Crippen molar-refractivity contribution < 1.29 is 9.53 Å². The molecule has 0 fully saturated rings. The summed E-state index contributed by atoms with van der Waals surface area (Å²) in [5, 5.41) is 2.99. The van der Waals surface area contributed by atoms with E-state index >= 15 is 0 Å². The molecule has 0 bridgehead atoms. The number of nitrogens with one attached hydrogen (secondary N) is 1. The fourth-order valence-corrected chi connectivity index (χ4v) is 3.00. The summed E-state index contributed by atoms with van der Waals surface area (Å²) in [6, 6.07) is 10.3. The lowest BCUT2D eigenvalue weighted by Gasteiger charge is -2.18. The van der Waals surface area contributed by atoms with Gasteiger partial charge in [-0.25, -0.2) is 0 Å². The molecule has 0 spiro atoms. The van der Waals surface area contributed by atoms with Crippen LogP contribution in [0.1, 0.15) is 38.3 Å². The number of hydrogen-bond acceptors (Lipinski definition) is 3. The predicted octanol–water partition coefficient (Wildman–Crippen LogP) is 3.91. The Bertz CT molecular complexity index is 760. The van der Waals surface area contributed by atoms with Crippen LogP contribution in [0.4, 0.5) is 0 Å². The van der Waals surface area contributed by atoms with Crippen LogP contribution >= 0.6 is 0 Å². The monoisotopic (exact) mass is 338 g/mol.